The third-order valence-electron chi connectivity index (χ3n) is 5.22. The van der Waals surface area contributed by atoms with Crippen LogP contribution < -0.4 is 9.64 Å². The van der Waals surface area contributed by atoms with Crippen LogP contribution in [0.4, 0.5) is 11.5 Å². The predicted octanol–water partition coefficient (Wildman–Crippen LogP) is 4.06. The highest BCUT2D eigenvalue weighted by atomic mass is 35.5. The van der Waals surface area contributed by atoms with Crippen LogP contribution in [0.15, 0.2) is 47.2 Å². The Kier molecular flexibility index (Phi) is 9.08. The van der Waals surface area contributed by atoms with Gasteiger partial charge in [-0.2, -0.15) is 0 Å². The molecule has 1 atom stereocenters. The highest BCUT2D eigenvalue weighted by Crippen LogP contribution is 2.32. The summed E-state index contributed by atoms with van der Waals surface area (Å²) in [6, 6.07) is 8.24. The van der Waals surface area contributed by atoms with Gasteiger partial charge in [0, 0.05) is 19.2 Å². The molecule has 1 unspecified atom stereocenters. The van der Waals surface area contributed by atoms with E-state index in [2.05, 4.69) is 4.98 Å². The molecule has 1 aliphatic rings. The molecule has 0 fully saturated rings. The van der Waals surface area contributed by atoms with Gasteiger partial charge in [0.05, 0.1) is 12.4 Å². The zero-order chi connectivity index (χ0) is 26.4. The largest absolute Gasteiger partial charge is 0.457 e. The van der Waals surface area contributed by atoms with Gasteiger partial charge in [-0.1, -0.05) is 23.2 Å². The van der Waals surface area contributed by atoms with Crippen molar-refractivity contribution in [2.75, 3.05) is 11.4 Å². The van der Waals surface area contributed by atoms with Crippen LogP contribution in [0.25, 0.3) is 0 Å². The van der Waals surface area contributed by atoms with Crippen molar-refractivity contribution < 1.29 is 28.8 Å². The second kappa shape index (κ2) is 12.0. The van der Waals surface area contributed by atoms with Gasteiger partial charge < -0.3 is 29.3 Å². The molecule has 4 rings (SSSR count). The van der Waals surface area contributed by atoms with E-state index in [1.807, 2.05) is 0 Å². The number of rotatable bonds is 6. The van der Waals surface area contributed by atoms with Gasteiger partial charge in [0.2, 0.25) is 5.76 Å². The lowest BCUT2D eigenvalue weighted by Crippen LogP contribution is -2.38. The number of nitrogens with zero attached hydrogens (tertiary/aromatic N) is 4. The molecule has 3 aromatic rings. The lowest BCUT2D eigenvalue weighted by Gasteiger charge is -2.30. The number of aryl methyl sites for hydroxylation is 2. The van der Waals surface area contributed by atoms with E-state index >= 15 is 0 Å². The van der Waals surface area contributed by atoms with Gasteiger partial charge in [0.1, 0.15) is 18.5 Å². The monoisotopic (exact) mass is 538 g/mol. The van der Waals surface area contributed by atoms with Crippen LogP contribution >= 0.6 is 23.2 Å². The molecule has 36 heavy (non-hydrogen) atoms. The number of hydrogen-bond acceptors (Lipinski definition) is 8. The van der Waals surface area contributed by atoms with Gasteiger partial charge >= 0.3 is 11.8 Å². The lowest BCUT2D eigenvalue weighted by molar-refractivity contribution is -0.392. The van der Waals surface area contributed by atoms with Gasteiger partial charge in [-0.3, -0.25) is 4.79 Å². The Labute approximate surface area is 216 Å². The molecule has 0 aliphatic carbocycles. The molecule has 0 spiro atoms. The van der Waals surface area contributed by atoms with Crippen molar-refractivity contribution >= 4 is 46.6 Å². The number of anilines is 1. The van der Waals surface area contributed by atoms with E-state index in [0.29, 0.717) is 18.1 Å². The number of ether oxygens (including phenoxy) is 1. The predicted molar refractivity (Wildman–Crippen MR) is 132 cm³/mol. The van der Waals surface area contributed by atoms with E-state index in [9.17, 15) is 19.7 Å². The highest BCUT2D eigenvalue weighted by molar-refractivity contribution is 6.54. The first-order chi connectivity index (χ1) is 17.1. The first-order valence-corrected chi connectivity index (χ1v) is 11.8. The van der Waals surface area contributed by atoms with E-state index in [0.717, 1.165) is 24.1 Å². The van der Waals surface area contributed by atoms with Crippen molar-refractivity contribution in [3.63, 3.8) is 0 Å². The number of aliphatic hydroxyl groups is 1. The summed E-state index contributed by atoms with van der Waals surface area (Å²) < 4.78 is 11.7. The summed E-state index contributed by atoms with van der Waals surface area (Å²) >= 11 is 11.4. The van der Waals surface area contributed by atoms with Gasteiger partial charge in [-0.05, 0) is 60.6 Å². The average Bonchev–Trinajstić information content (AvgIpc) is 3.49. The quantitative estimate of drug-likeness (QED) is 0.163. The summed E-state index contributed by atoms with van der Waals surface area (Å²) in [4.78, 5) is 38.2. The Balaban J connectivity index is 0.000000236. The molecule has 1 aromatic carbocycles. The number of hydrogen-bond donors (Lipinski definition) is 1. The number of alkyl halides is 2. The van der Waals surface area contributed by atoms with E-state index in [1.165, 1.54) is 23.1 Å². The zero-order valence-corrected chi connectivity index (χ0v) is 21.0. The van der Waals surface area contributed by atoms with Gasteiger partial charge in [-0.25, -0.2) is 14.3 Å². The molecule has 13 heteroatoms. The maximum Gasteiger partial charge on any atom is 0.379 e. The Morgan fingerprint density at radius 2 is 2.08 bits per heavy atom. The fraction of sp³-hybridized carbons (Fsp3) is 0.348. The smallest absolute Gasteiger partial charge is 0.379 e. The SMILES string of the molecule is Cc1ncc([N+](=O)[O-])n1CC(C)O.O=C(Oc1ccc2c(c1)CCCN2C(=O)C(Cl)Cl)c1ccco1. The molecule has 0 saturated carbocycles. The topological polar surface area (TPSA) is 141 Å². The molecule has 0 radical (unpaired) electrons. The minimum Gasteiger partial charge on any atom is -0.457 e. The van der Waals surface area contributed by atoms with E-state index < -0.39 is 21.8 Å². The molecule has 1 amide bonds. The first-order valence-electron chi connectivity index (χ1n) is 10.9. The summed E-state index contributed by atoms with van der Waals surface area (Å²) in [6.45, 7) is 3.99. The maximum atomic E-state index is 12.0. The zero-order valence-electron chi connectivity index (χ0n) is 19.5. The molecular formula is C23H24Cl2N4O7. The number of nitro groups is 1. The fourth-order valence-electron chi connectivity index (χ4n) is 3.63. The van der Waals surface area contributed by atoms with Gasteiger partial charge in [0.15, 0.2) is 10.7 Å². The third kappa shape index (κ3) is 6.62. The van der Waals surface area contributed by atoms with Crippen LogP contribution in [0.1, 0.15) is 35.3 Å². The van der Waals surface area contributed by atoms with Crippen LogP contribution in [-0.4, -0.2) is 48.9 Å². The molecule has 0 saturated heterocycles. The average molecular weight is 539 g/mol. The van der Waals surface area contributed by atoms with Crippen molar-refractivity contribution in [1.82, 2.24) is 9.55 Å². The molecule has 3 heterocycles. The number of benzene rings is 1. The number of esters is 1. The molecule has 2 aromatic heterocycles. The van der Waals surface area contributed by atoms with Crippen molar-refractivity contribution in [3.05, 3.63) is 70.1 Å². The Morgan fingerprint density at radius 3 is 2.69 bits per heavy atom. The second-order valence-electron chi connectivity index (χ2n) is 7.93. The molecule has 11 nitrogen and oxygen atoms in total. The Morgan fingerprint density at radius 1 is 1.33 bits per heavy atom. The molecule has 1 N–H and O–H groups in total. The van der Waals surface area contributed by atoms with Crippen LogP contribution in [0.3, 0.4) is 0 Å². The summed E-state index contributed by atoms with van der Waals surface area (Å²) in [5, 5.41) is 19.6. The maximum absolute atomic E-state index is 12.0. The summed E-state index contributed by atoms with van der Waals surface area (Å²) in [7, 11) is 0. The number of carbonyl (C=O) groups excluding carboxylic acids is 2. The van der Waals surface area contributed by atoms with E-state index in [1.54, 1.807) is 43.0 Å². The van der Waals surface area contributed by atoms with Crippen LogP contribution in [0.2, 0.25) is 0 Å². The van der Waals surface area contributed by atoms with Crippen molar-refractivity contribution in [2.45, 2.75) is 44.2 Å². The second-order valence-corrected chi connectivity index (χ2v) is 9.03. The minimum absolute atomic E-state index is 0.0848. The summed E-state index contributed by atoms with van der Waals surface area (Å²) in [6.07, 6.45) is 3.54. The number of fused-ring (bicyclic) bond motifs is 1. The van der Waals surface area contributed by atoms with Crippen LogP contribution in [-0.2, 0) is 17.8 Å². The van der Waals surface area contributed by atoms with E-state index in [4.69, 9.17) is 37.5 Å². The van der Waals surface area contributed by atoms with E-state index in [-0.39, 0.29) is 24.0 Å². The fourth-order valence-corrected chi connectivity index (χ4v) is 3.86. The minimum atomic E-state index is -1.10. The molecule has 192 valence electrons. The number of imidazole rings is 1. The Hall–Kier alpha value is -3.41. The van der Waals surface area contributed by atoms with Crippen LogP contribution in [0, 0.1) is 17.0 Å². The highest BCUT2D eigenvalue weighted by Gasteiger charge is 2.27. The standard InChI is InChI=1S/C16H13Cl2NO4.C7H11N3O3/c17-14(18)15(20)19-7-1-3-10-9-11(5-6-12(10)19)23-16(21)13-4-2-8-22-13;1-5(11)4-9-6(2)8-3-7(9)10(12)13/h2,4-6,8-9,14H,1,3,7H2;3,5,11H,4H2,1-2H3. The van der Waals surface area contributed by atoms with Gasteiger partial charge in [0.25, 0.3) is 5.91 Å². The van der Waals surface area contributed by atoms with Crippen molar-refractivity contribution in [2.24, 2.45) is 0 Å². The third-order valence-corrected chi connectivity index (χ3v) is 5.60. The lowest BCUT2D eigenvalue weighted by atomic mass is 10.0. The number of aliphatic hydroxyl groups excluding tert-OH is 1. The van der Waals surface area contributed by atoms with Crippen molar-refractivity contribution in [1.29, 1.82) is 0 Å². The Bertz CT molecular complexity index is 1230. The molecule has 0 bridgehead atoms. The number of halogens is 2. The van der Waals surface area contributed by atoms with Crippen LogP contribution in [0.5, 0.6) is 5.75 Å². The number of amides is 1. The van der Waals surface area contributed by atoms with Crippen molar-refractivity contribution in [3.8, 4) is 5.75 Å². The first kappa shape index (κ1) is 27.2. The number of aromatic nitrogens is 2. The molecular weight excluding hydrogens is 515 g/mol. The normalized spacial score (nSPS) is 13.4. The molecule has 1 aliphatic heterocycles. The van der Waals surface area contributed by atoms with Gasteiger partial charge in [-0.15, -0.1) is 0 Å². The number of furan rings is 1. The summed E-state index contributed by atoms with van der Waals surface area (Å²) in [5.41, 5.74) is 1.65. The number of carbonyl (C=O) groups is 2. The summed E-state index contributed by atoms with van der Waals surface area (Å²) in [5.74, 6) is 0.0558.